The van der Waals surface area contributed by atoms with E-state index in [0.717, 1.165) is 41.4 Å². The van der Waals surface area contributed by atoms with Crippen LogP contribution in [0.4, 0.5) is 0 Å². The van der Waals surface area contributed by atoms with Crippen molar-refractivity contribution >= 4 is 11.7 Å². The maximum Gasteiger partial charge on any atom is 0.222 e. The number of carbonyl (C=O) groups is 2. The summed E-state index contributed by atoms with van der Waals surface area (Å²) in [5.74, 6) is 1.15. The van der Waals surface area contributed by atoms with Crippen LogP contribution in [0.15, 0.2) is 30.3 Å². The van der Waals surface area contributed by atoms with Gasteiger partial charge in [-0.15, -0.1) is 0 Å². The molecule has 0 aliphatic carbocycles. The van der Waals surface area contributed by atoms with Crippen LogP contribution in [0.5, 0.6) is 5.75 Å². The summed E-state index contributed by atoms with van der Waals surface area (Å²) in [4.78, 5) is 29.8. The van der Waals surface area contributed by atoms with Crippen molar-refractivity contribution in [3.8, 4) is 5.75 Å². The van der Waals surface area contributed by atoms with Crippen LogP contribution in [0.3, 0.4) is 0 Å². The van der Waals surface area contributed by atoms with E-state index >= 15 is 0 Å². The van der Waals surface area contributed by atoms with Crippen molar-refractivity contribution in [2.24, 2.45) is 0 Å². The van der Waals surface area contributed by atoms with Crippen LogP contribution >= 0.6 is 0 Å². The van der Waals surface area contributed by atoms with Gasteiger partial charge >= 0.3 is 0 Å². The molecule has 6 nitrogen and oxygen atoms in total. The molecule has 2 aromatic rings. The van der Waals surface area contributed by atoms with Crippen molar-refractivity contribution in [1.29, 1.82) is 0 Å². The number of hydrogen-bond donors (Lipinski definition) is 0. The van der Waals surface area contributed by atoms with Gasteiger partial charge in [0.2, 0.25) is 5.91 Å². The van der Waals surface area contributed by atoms with Crippen LogP contribution in [0.2, 0.25) is 0 Å². The van der Waals surface area contributed by atoms with E-state index in [1.165, 1.54) is 0 Å². The zero-order valence-electron chi connectivity index (χ0n) is 20.4. The fraction of sp³-hybridized carbons (Fsp3) is 0.538. The number of amides is 1. The number of hydrogen-bond acceptors (Lipinski definition) is 4. The second kappa shape index (κ2) is 9.90. The first kappa shape index (κ1) is 24.1. The van der Waals surface area contributed by atoms with E-state index < -0.39 is 0 Å². The Morgan fingerprint density at radius 3 is 2.31 bits per heavy atom. The van der Waals surface area contributed by atoms with E-state index in [9.17, 15) is 9.59 Å². The first-order chi connectivity index (χ1) is 15.1. The van der Waals surface area contributed by atoms with E-state index in [1.54, 1.807) is 7.11 Å². The lowest BCUT2D eigenvalue weighted by atomic mass is 10.1. The minimum absolute atomic E-state index is 0.0520. The molecule has 1 saturated heterocycles. The highest BCUT2D eigenvalue weighted by Crippen LogP contribution is 2.25. The number of nitrogens with zero attached hydrogens (tertiary/aromatic N) is 3. The topological polar surface area (TPSA) is 54.8 Å². The lowest BCUT2D eigenvalue weighted by molar-refractivity contribution is -0.132. The zero-order chi connectivity index (χ0) is 23.5. The van der Waals surface area contributed by atoms with Gasteiger partial charge in [0.25, 0.3) is 0 Å². The van der Waals surface area contributed by atoms with E-state index in [-0.39, 0.29) is 17.2 Å². The molecule has 1 aromatic carbocycles. The summed E-state index contributed by atoms with van der Waals surface area (Å²) < 4.78 is 7.49. The number of methoxy groups -OCH3 is 1. The van der Waals surface area contributed by atoms with E-state index in [4.69, 9.17) is 4.74 Å². The van der Waals surface area contributed by atoms with Crippen LogP contribution < -0.4 is 4.74 Å². The number of Topliss-reactive ketones (excluding diaryl/α,β-unsaturated/α-hetero) is 1. The number of rotatable bonds is 7. The second-order valence-electron chi connectivity index (χ2n) is 9.72. The minimum Gasteiger partial charge on any atom is -0.497 e. The monoisotopic (exact) mass is 439 g/mol. The van der Waals surface area contributed by atoms with Crippen molar-refractivity contribution in [2.75, 3.05) is 39.8 Å². The van der Waals surface area contributed by atoms with Gasteiger partial charge in [0.15, 0.2) is 5.78 Å². The maximum absolute atomic E-state index is 13.0. The lowest BCUT2D eigenvalue weighted by Gasteiger charge is -2.34. The van der Waals surface area contributed by atoms with Gasteiger partial charge in [-0.3, -0.25) is 14.5 Å². The molecular weight excluding hydrogens is 402 g/mol. The molecule has 1 aliphatic heterocycles. The molecule has 1 aliphatic rings. The van der Waals surface area contributed by atoms with Crippen molar-refractivity contribution in [3.05, 3.63) is 52.8 Å². The van der Waals surface area contributed by atoms with Crippen molar-refractivity contribution in [1.82, 2.24) is 14.4 Å². The highest BCUT2D eigenvalue weighted by Gasteiger charge is 2.26. The third-order valence-electron chi connectivity index (χ3n) is 6.26. The largest absolute Gasteiger partial charge is 0.497 e. The molecule has 174 valence electrons. The quantitative estimate of drug-likeness (QED) is 0.616. The summed E-state index contributed by atoms with van der Waals surface area (Å²) in [6, 6.07) is 9.88. The average molecular weight is 440 g/mol. The first-order valence-electron chi connectivity index (χ1n) is 11.5. The third kappa shape index (κ3) is 5.60. The van der Waals surface area contributed by atoms with Gasteiger partial charge in [-0.25, -0.2) is 0 Å². The second-order valence-corrected chi connectivity index (χ2v) is 9.72. The van der Waals surface area contributed by atoms with Crippen LogP contribution in [-0.4, -0.2) is 65.9 Å². The molecule has 3 rings (SSSR count). The third-order valence-corrected chi connectivity index (χ3v) is 6.26. The maximum atomic E-state index is 13.0. The summed E-state index contributed by atoms with van der Waals surface area (Å²) in [6.07, 6.45) is 1.20. The predicted molar refractivity (Wildman–Crippen MR) is 128 cm³/mol. The Bertz CT molecular complexity index is 963. The molecule has 1 aromatic heterocycles. The van der Waals surface area contributed by atoms with Gasteiger partial charge in [0.1, 0.15) is 5.75 Å². The fourth-order valence-electron chi connectivity index (χ4n) is 4.76. The van der Waals surface area contributed by atoms with Gasteiger partial charge in [0.05, 0.1) is 13.7 Å². The number of benzene rings is 1. The molecule has 0 N–H and O–H groups in total. The molecular formula is C26H37N3O3. The Kier molecular flexibility index (Phi) is 7.44. The van der Waals surface area contributed by atoms with Gasteiger partial charge in [0, 0.05) is 55.1 Å². The molecule has 1 amide bonds. The van der Waals surface area contributed by atoms with Gasteiger partial charge in [-0.1, -0.05) is 12.1 Å². The first-order valence-corrected chi connectivity index (χ1v) is 11.5. The molecule has 32 heavy (non-hydrogen) atoms. The highest BCUT2D eigenvalue weighted by molar-refractivity contribution is 5.99. The molecule has 0 unspecified atom stereocenters. The Morgan fingerprint density at radius 2 is 1.72 bits per heavy atom. The van der Waals surface area contributed by atoms with Crippen molar-refractivity contribution < 1.29 is 14.3 Å². The Balaban J connectivity index is 1.50. The Morgan fingerprint density at radius 1 is 1.03 bits per heavy atom. The Hall–Kier alpha value is -2.60. The lowest BCUT2D eigenvalue weighted by Crippen LogP contribution is -2.50. The van der Waals surface area contributed by atoms with Gasteiger partial charge < -0.3 is 14.2 Å². The summed E-state index contributed by atoms with van der Waals surface area (Å²) in [5.41, 5.74) is 4.02. The van der Waals surface area contributed by atoms with E-state index in [0.29, 0.717) is 32.5 Å². The van der Waals surface area contributed by atoms with Gasteiger partial charge in [-0.2, -0.15) is 0 Å². The standard InChI is InChI=1S/C26H37N3O3/c1-19-16-23(20(2)29(19)26(3,4)5)24(30)18-27-12-14-28(15-13-27)25(31)11-10-21-8-7-9-22(17-21)32-6/h7-9,16-17H,10-15,18H2,1-6H3. The normalized spacial score (nSPS) is 15.1. The molecule has 6 heteroatoms. The zero-order valence-corrected chi connectivity index (χ0v) is 20.4. The number of ketones is 1. The number of aryl methyl sites for hydroxylation is 2. The molecule has 0 radical (unpaired) electrons. The smallest absolute Gasteiger partial charge is 0.222 e. The van der Waals surface area contributed by atoms with Gasteiger partial charge in [-0.05, 0) is 64.8 Å². The highest BCUT2D eigenvalue weighted by atomic mass is 16.5. The fourth-order valence-corrected chi connectivity index (χ4v) is 4.76. The van der Waals surface area contributed by atoms with E-state index in [1.807, 2.05) is 42.2 Å². The van der Waals surface area contributed by atoms with Crippen LogP contribution in [-0.2, 0) is 16.8 Å². The molecule has 0 bridgehead atoms. The number of aromatic nitrogens is 1. The minimum atomic E-state index is -0.0520. The van der Waals surface area contributed by atoms with Crippen molar-refractivity contribution in [2.45, 2.75) is 53.0 Å². The molecule has 0 spiro atoms. The number of carbonyl (C=O) groups excluding carboxylic acids is 2. The Labute approximate surface area is 192 Å². The summed E-state index contributed by atoms with van der Waals surface area (Å²) in [6.45, 7) is 13.8. The van der Waals surface area contributed by atoms with Crippen LogP contribution in [0, 0.1) is 13.8 Å². The average Bonchev–Trinajstić information content (AvgIpc) is 3.07. The van der Waals surface area contributed by atoms with Crippen LogP contribution in [0.1, 0.15) is 54.5 Å². The summed E-state index contributed by atoms with van der Waals surface area (Å²) in [7, 11) is 1.65. The molecule has 2 heterocycles. The van der Waals surface area contributed by atoms with Crippen LogP contribution in [0.25, 0.3) is 0 Å². The van der Waals surface area contributed by atoms with Crippen molar-refractivity contribution in [3.63, 3.8) is 0 Å². The summed E-state index contributed by atoms with van der Waals surface area (Å²) >= 11 is 0. The predicted octanol–water partition coefficient (Wildman–Crippen LogP) is 3.83. The van der Waals surface area contributed by atoms with E-state index in [2.05, 4.69) is 37.2 Å². The number of ether oxygens (including phenoxy) is 1. The molecule has 0 saturated carbocycles. The molecule has 0 atom stereocenters. The number of piperazine rings is 1. The SMILES string of the molecule is COc1cccc(CCC(=O)N2CCN(CC(=O)c3cc(C)n(C(C)(C)C)c3C)CC2)c1. The summed E-state index contributed by atoms with van der Waals surface area (Å²) in [5, 5.41) is 0. The molecule has 1 fully saturated rings.